The van der Waals surface area contributed by atoms with Crippen molar-refractivity contribution in [3.05, 3.63) is 70.0 Å². The van der Waals surface area contributed by atoms with Gasteiger partial charge in [0, 0.05) is 39.6 Å². The lowest BCUT2D eigenvalue weighted by molar-refractivity contribution is -0.145. The second-order valence-electron chi connectivity index (χ2n) is 12.8. The maximum atomic E-state index is 14.1. The van der Waals surface area contributed by atoms with Crippen molar-refractivity contribution in [3.63, 3.8) is 0 Å². The first kappa shape index (κ1) is 36.5. The van der Waals surface area contributed by atoms with Crippen LogP contribution in [0.25, 0.3) is 0 Å². The summed E-state index contributed by atoms with van der Waals surface area (Å²) >= 11 is 0. The Bertz CT molecular complexity index is 1370. The molecule has 0 bridgehead atoms. The fourth-order valence-electron chi connectivity index (χ4n) is 6.76. The Morgan fingerprint density at radius 1 is 0.936 bits per heavy atom. The van der Waals surface area contributed by atoms with Crippen LogP contribution >= 0.6 is 0 Å². The maximum Gasteiger partial charge on any atom is 0.416 e. The summed E-state index contributed by atoms with van der Waals surface area (Å²) in [7, 11) is 1.36. The quantitative estimate of drug-likeness (QED) is 0.209. The van der Waals surface area contributed by atoms with Gasteiger partial charge in [0.05, 0.1) is 29.8 Å². The van der Waals surface area contributed by atoms with Gasteiger partial charge in [-0.15, -0.1) is 0 Å². The van der Waals surface area contributed by atoms with Crippen LogP contribution in [0, 0.1) is 24.6 Å². The molecule has 1 aliphatic heterocycles. The van der Waals surface area contributed by atoms with Crippen molar-refractivity contribution in [2.45, 2.75) is 77.3 Å². The lowest BCUT2D eigenvalue weighted by Crippen LogP contribution is -2.54. The summed E-state index contributed by atoms with van der Waals surface area (Å²) in [4.78, 5) is 30.9. The number of ether oxygens (including phenoxy) is 1. The van der Waals surface area contributed by atoms with Crippen molar-refractivity contribution in [2.24, 2.45) is 11.8 Å². The third-order valence-corrected chi connectivity index (χ3v) is 9.52. The van der Waals surface area contributed by atoms with Gasteiger partial charge in [0.15, 0.2) is 0 Å². The Kier molecular flexibility index (Phi) is 11.5. The standard InChI is InChI=1S/C34H42F7N3O3/c1-5-47-31(45)15-23-6-8-24(9-7-23)19-43-12-13-44(30(20-43)29-11-10-28(35)14-21(29)2)32(46)42(4)22(3)25-16-26(33(36,37)38)18-27(17-25)34(39,40)41/h10-11,14,16-18,22-24,30H,5-9,12-13,15,19-20H2,1-4H3/t22-,23?,24?,30-/m1/s1. The summed E-state index contributed by atoms with van der Waals surface area (Å²) in [5.41, 5.74) is -1.86. The normalized spacial score (nSPS) is 21.8. The van der Waals surface area contributed by atoms with Gasteiger partial charge in [-0.25, -0.2) is 9.18 Å². The third kappa shape index (κ3) is 9.17. The van der Waals surface area contributed by atoms with Gasteiger partial charge >= 0.3 is 24.4 Å². The average Bonchev–Trinajstić information content (AvgIpc) is 3.00. The predicted octanol–water partition coefficient (Wildman–Crippen LogP) is 8.40. The van der Waals surface area contributed by atoms with Crippen LogP contribution in [0.2, 0.25) is 0 Å². The molecule has 0 aromatic heterocycles. The SMILES string of the molecule is CCOC(=O)CC1CCC(CN2CCN(C(=O)N(C)[C@H](C)c3cc(C(F)(F)F)cc(C(F)(F)F)c3)[C@@H](c3ccc(F)cc3C)C2)CC1. The molecule has 0 N–H and O–H groups in total. The number of esters is 1. The van der Waals surface area contributed by atoms with Crippen molar-refractivity contribution in [3.8, 4) is 0 Å². The molecule has 1 saturated carbocycles. The Morgan fingerprint density at radius 2 is 1.53 bits per heavy atom. The number of carbonyl (C=O) groups is 2. The predicted molar refractivity (Wildman–Crippen MR) is 162 cm³/mol. The van der Waals surface area contributed by atoms with E-state index in [1.807, 2.05) is 0 Å². The van der Waals surface area contributed by atoms with E-state index in [9.17, 15) is 40.3 Å². The Balaban J connectivity index is 1.52. The van der Waals surface area contributed by atoms with E-state index >= 15 is 0 Å². The zero-order chi connectivity index (χ0) is 34.7. The molecule has 1 aliphatic carbocycles. The number of rotatable bonds is 8. The van der Waals surface area contributed by atoms with Crippen LogP contribution in [-0.4, -0.2) is 66.5 Å². The molecule has 4 rings (SSSR count). The van der Waals surface area contributed by atoms with Crippen LogP contribution in [0.4, 0.5) is 35.5 Å². The number of piperazine rings is 1. The molecular formula is C34H42F7N3O3. The molecule has 0 spiro atoms. The Hall–Kier alpha value is -3.35. The minimum atomic E-state index is -5.01. The van der Waals surface area contributed by atoms with E-state index in [4.69, 9.17) is 4.74 Å². The zero-order valence-electron chi connectivity index (χ0n) is 27.1. The van der Waals surface area contributed by atoms with Crippen LogP contribution in [0.15, 0.2) is 36.4 Å². The highest BCUT2D eigenvalue weighted by molar-refractivity contribution is 5.75. The fourth-order valence-corrected chi connectivity index (χ4v) is 6.76. The number of alkyl halides is 6. The van der Waals surface area contributed by atoms with Crippen molar-refractivity contribution in [1.82, 2.24) is 14.7 Å². The molecule has 0 unspecified atom stereocenters. The molecule has 2 aliphatic rings. The molecule has 2 fully saturated rings. The van der Waals surface area contributed by atoms with E-state index in [2.05, 4.69) is 4.90 Å². The number of nitrogens with zero attached hydrogens (tertiary/aromatic N) is 3. The molecule has 6 nitrogen and oxygen atoms in total. The molecular weight excluding hydrogens is 631 g/mol. The number of hydrogen-bond donors (Lipinski definition) is 0. The first-order valence-corrected chi connectivity index (χ1v) is 15.9. The molecule has 1 heterocycles. The second-order valence-corrected chi connectivity index (χ2v) is 12.8. The molecule has 0 radical (unpaired) electrons. The number of amides is 2. The smallest absolute Gasteiger partial charge is 0.416 e. The first-order valence-electron chi connectivity index (χ1n) is 15.9. The Labute approximate surface area is 270 Å². The second kappa shape index (κ2) is 14.8. The van der Waals surface area contributed by atoms with E-state index < -0.39 is 47.4 Å². The van der Waals surface area contributed by atoms with Crippen molar-refractivity contribution < 1.29 is 45.1 Å². The number of halogens is 7. The summed E-state index contributed by atoms with van der Waals surface area (Å²) in [6.07, 6.45) is -5.90. The molecule has 1 saturated heterocycles. The number of carbonyl (C=O) groups excluding carboxylic acids is 2. The number of urea groups is 1. The van der Waals surface area contributed by atoms with Crippen LogP contribution < -0.4 is 0 Å². The Morgan fingerprint density at radius 3 is 2.09 bits per heavy atom. The molecule has 2 aromatic rings. The highest BCUT2D eigenvalue weighted by Gasteiger charge is 2.40. The topological polar surface area (TPSA) is 53.1 Å². The summed E-state index contributed by atoms with van der Waals surface area (Å²) in [5.74, 6) is 0.0579. The van der Waals surface area contributed by atoms with Crippen molar-refractivity contribution in [1.29, 1.82) is 0 Å². The van der Waals surface area contributed by atoms with Gasteiger partial charge in [0.25, 0.3) is 0 Å². The van der Waals surface area contributed by atoms with E-state index in [1.54, 1.807) is 24.8 Å². The monoisotopic (exact) mass is 673 g/mol. The van der Waals surface area contributed by atoms with Crippen molar-refractivity contribution in [2.75, 3.05) is 39.8 Å². The summed E-state index contributed by atoms with van der Waals surface area (Å²) in [6, 6.07) is 3.44. The largest absolute Gasteiger partial charge is 0.466 e. The molecule has 2 amide bonds. The minimum Gasteiger partial charge on any atom is -0.466 e. The third-order valence-electron chi connectivity index (χ3n) is 9.52. The zero-order valence-corrected chi connectivity index (χ0v) is 27.1. The highest BCUT2D eigenvalue weighted by Crippen LogP contribution is 2.39. The average molecular weight is 674 g/mol. The van der Waals surface area contributed by atoms with Gasteiger partial charge in [0.2, 0.25) is 0 Å². The summed E-state index contributed by atoms with van der Waals surface area (Å²) < 4.78 is 100. The highest BCUT2D eigenvalue weighted by atomic mass is 19.4. The van der Waals surface area contributed by atoms with Gasteiger partial charge in [0.1, 0.15) is 5.82 Å². The number of benzene rings is 2. The molecule has 2 atom stereocenters. The van der Waals surface area contributed by atoms with Gasteiger partial charge < -0.3 is 14.5 Å². The fraction of sp³-hybridized carbons (Fsp3) is 0.588. The van der Waals surface area contributed by atoms with Crippen LogP contribution in [0.5, 0.6) is 0 Å². The van der Waals surface area contributed by atoms with Gasteiger partial charge in [-0.2, -0.15) is 26.3 Å². The van der Waals surface area contributed by atoms with Crippen molar-refractivity contribution >= 4 is 12.0 Å². The lowest BCUT2D eigenvalue weighted by Gasteiger charge is -2.45. The molecule has 47 heavy (non-hydrogen) atoms. The van der Waals surface area contributed by atoms with Crippen LogP contribution in [0.1, 0.15) is 85.9 Å². The van der Waals surface area contributed by atoms with Gasteiger partial charge in [-0.1, -0.05) is 6.07 Å². The number of aryl methyl sites for hydroxylation is 1. The van der Waals surface area contributed by atoms with E-state index in [0.717, 1.165) is 37.1 Å². The van der Waals surface area contributed by atoms with E-state index in [1.165, 1.54) is 26.1 Å². The van der Waals surface area contributed by atoms with Gasteiger partial charge in [-0.3, -0.25) is 9.69 Å². The first-order chi connectivity index (χ1) is 22.0. The van der Waals surface area contributed by atoms with Crippen LogP contribution in [0.3, 0.4) is 0 Å². The summed E-state index contributed by atoms with van der Waals surface area (Å²) in [6.45, 7) is 7.22. The molecule has 13 heteroatoms. The van der Waals surface area contributed by atoms with E-state index in [-0.39, 0.29) is 30.1 Å². The van der Waals surface area contributed by atoms with E-state index in [0.29, 0.717) is 55.3 Å². The molecule has 260 valence electrons. The van der Waals surface area contributed by atoms with Crippen LogP contribution in [-0.2, 0) is 21.9 Å². The van der Waals surface area contributed by atoms with Gasteiger partial charge in [-0.05, 0) is 105 Å². The number of hydrogen-bond acceptors (Lipinski definition) is 4. The summed E-state index contributed by atoms with van der Waals surface area (Å²) in [5, 5.41) is 0. The minimum absolute atomic E-state index is 0.0669. The molecule has 2 aromatic carbocycles. The lowest BCUT2D eigenvalue weighted by atomic mass is 9.80. The maximum absolute atomic E-state index is 14.1.